The molecule has 0 aliphatic carbocycles. The van der Waals surface area contributed by atoms with Crippen LogP contribution in [0.15, 0.2) is 38.7 Å². The molecule has 0 aromatic heterocycles. The smallest absolute Gasteiger partial charge is 0.343 e. The second-order valence-corrected chi connectivity index (χ2v) is 5.51. The van der Waals surface area contributed by atoms with Crippen LogP contribution in [0.3, 0.4) is 0 Å². The molecule has 1 aromatic carbocycles. The van der Waals surface area contributed by atoms with E-state index in [1.807, 2.05) is 24.3 Å². The van der Waals surface area contributed by atoms with Crippen LogP contribution < -0.4 is 0 Å². The van der Waals surface area contributed by atoms with Crippen LogP contribution in [0, 0.1) is 0 Å². The predicted octanol–water partition coefficient (Wildman–Crippen LogP) is 2.75. The largest absolute Gasteiger partial charge is 0.405 e. The molecule has 0 bridgehead atoms. The molecule has 0 saturated carbocycles. The van der Waals surface area contributed by atoms with Crippen molar-refractivity contribution in [2.45, 2.75) is 25.3 Å². The van der Waals surface area contributed by atoms with Crippen molar-refractivity contribution in [3.8, 4) is 0 Å². The molecular formula is C14H13BrN2O2. The summed E-state index contributed by atoms with van der Waals surface area (Å²) in [5.74, 6) is 0.0835. The Balaban J connectivity index is 1.88. The maximum atomic E-state index is 11.9. The van der Waals surface area contributed by atoms with Crippen LogP contribution in [-0.2, 0) is 9.53 Å². The second-order valence-electron chi connectivity index (χ2n) is 4.60. The van der Waals surface area contributed by atoms with E-state index in [0.29, 0.717) is 5.90 Å². The molecule has 0 fully saturated rings. The fraction of sp³-hybridized carbons (Fsp3) is 0.357. The Hall–Kier alpha value is -1.49. The van der Waals surface area contributed by atoms with Gasteiger partial charge in [0.1, 0.15) is 0 Å². The first-order valence-electron chi connectivity index (χ1n) is 6.33. The highest BCUT2D eigenvalue weighted by Gasteiger charge is 2.34. The SMILES string of the molecule is O=C1OC(c2cccc(Br)c2)=N[C@H]1C1=NCCCC1. The first kappa shape index (κ1) is 12.5. The summed E-state index contributed by atoms with van der Waals surface area (Å²) in [7, 11) is 0. The lowest BCUT2D eigenvalue weighted by molar-refractivity contribution is -0.133. The number of benzene rings is 1. The van der Waals surface area contributed by atoms with Gasteiger partial charge in [-0.25, -0.2) is 9.79 Å². The Morgan fingerprint density at radius 1 is 1.32 bits per heavy atom. The summed E-state index contributed by atoms with van der Waals surface area (Å²) in [4.78, 5) is 20.7. The fourth-order valence-electron chi connectivity index (χ4n) is 2.26. The van der Waals surface area contributed by atoms with Crippen LogP contribution in [0.2, 0.25) is 0 Å². The predicted molar refractivity (Wildman–Crippen MR) is 76.7 cm³/mol. The van der Waals surface area contributed by atoms with Crippen molar-refractivity contribution < 1.29 is 9.53 Å². The van der Waals surface area contributed by atoms with Crippen molar-refractivity contribution in [2.75, 3.05) is 6.54 Å². The first-order chi connectivity index (χ1) is 9.24. The van der Waals surface area contributed by atoms with Gasteiger partial charge in [-0.2, -0.15) is 0 Å². The van der Waals surface area contributed by atoms with Crippen LogP contribution in [0.1, 0.15) is 24.8 Å². The number of hydrogen-bond donors (Lipinski definition) is 0. The lowest BCUT2D eigenvalue weighted by atomic mass is 10.0. The summed E-state index contributed by atoms with van der Waals surface area (Å²) in [6.45, 7) is 0.793. The fourth-order valence-corrected chi connectivity index (χ4v) is 2.65. The van der Waals surface area contributed by atoms with Gasteiger partial charge < -0.3 is 4.74 Å². The Morgan fingerprint density at radius 2 is 2.21 bits per heavy atom. The number of halogens is 1. The minimum atomic E-state index is -0.533. The molecule has 0 radical (unpaired) electrons. The van der Waals surface area contributed by atoms with E-state index < -0.39 is 6.04 Å². The molecule has 5 heteroatoms. The molecule has 0 spiro atoms. The number of hydrogen-bond acceptors (Lipinski definition) is 4. The van der Waals surface area contributed by atoms with E-state index in [1.165, 1.54) is 0 Å². The Kier molecular flexibility index (Phi) is 3.46. The molecule has 2 heterocycles. The van der Waals surface area contributed by atoms with Gasteiger partial charge in [0, 0.05) is 22.3 Å². The van der Waals surface area contributed by atoms with Crippen LogP contribution in [0.25, 0.3) is 0 Å². The minimum Gasteiger partial charge on any atom is -0.405 e. The summed E-state index contributed by atoms with van der Waals surface area (Å²) in [5.41, 5.74) is 1.67. The highest BCUT2D eigenvalue weighted by molar-refractivity contribution is 9.10. The number of carbonyl (C=O) groups is 1. The van der Waals surface area contributed by atoms with Gasteiger partial charge in [-0.15, -0.1) is 0 Å². The minimum absolute atomic E-state index is 0.310. The third kappa shape index (κ3) is 2.61. The number of nitrogens with zero attached hydrogens (tertiary/aromatic N) is 2. The monoisotopic (exact) mass is 320 g/mol. The van der Waals surface area contributed by atoms with Crippen LogP contribution in [-0.4, -0.2) is 30.2 Å². The molecule has 4 nitrogen and oxygen atoms in total. The zero-order chi connectivity index (χ0) is 13.2. The Labute approximate surface area is 119 Å². The third-order valence-electron chi connectivity index (χ3n) is 3.21. The Bertz CT molecular complexity index is 581. The molecule has 19 heavy (non-hydrogen) atoms. The second kappa shape index (κ2) is 5.25. The topological polar surface area (TPSA) is 51.0 Å². The van der Waals surface area contributed by atoms with E-state index in [0.717, 1.165) is 41.6 Å². The van der Waals surface area contributed by atoms with E-state index in [-0.39, 0.29) is 5.97 Å². The molecule has 0 saturated heterocycles. The quantitative estimate of drug-likeness (QED) is 0.787. The van der Waals surface area contributed by atoms with Gasteiger partial charge in [0.15, 0.2) is 6.04 Å². The van der Waals surface area contributed by atoms with Crippen LogP contribution in [0.5, 0.6) is 0 Å². The number of esters is 1. The normalized spacial score (nSPS) is 22.8. The van der Waals surface area contributed by atoms with Crippen molar-refractivity contribution >= 4 is 33.5 Å². The van der Waals surface area contributed by atoms with E-state index in [2.05, 4.69) is 25.9 Å². The Morgan fingerprint density at radius 3 is 2.95 bits per heavy atom. The number of cyclic esters (lactones) is 1. The van der Waals surface area contributed by atoms with Gasteiger partial charge in [-0.3, -0.25) is 4.99 Å². The molecule has 2 aliphatic rings. The maximum absolute atomic E-state index is 11.9. The van der Waals surface area contributed by atoms with E-state index in [1.54, 1.807) is 0 Å². The van der Waals surface area contributed by atoms with Gasteiger partial charge in [-0.1, -0.05) is 22.0 Å². The van der Waals surface area contributed by atoms with Crippen molar-refractivity contribution in [3.63, 3.8) is 0 Å². The van der Waals surface area contributed by atoms with Gasteiger partial charge in [0.05, 0.1) is 0 Å². The lowest BCUT2D eigenvalue weighted by Gasteiger charge is -2.12. The van der Waals surface area contributed by atoms with Crippen molar-refractivity contribution in [2.24, 2.45) is 9.98 Å². The average molecular weight is 321 g/mol. The van der Waals surface area contributed by atoms with Gasteiger partial charge >= 0.3 is 5.97 Å². The molecule has 2 aliphatic heterocycles. The van der Waals surface area contributed by atoms with E-state index >= 15 is 0 Å². The highest BCUT2D eigenvalue weighted by atomic mass is 79.9. The maximum Gasteiger partial charge on any atom is 0.343 e. The molecule has 1 atom stereocenters. The summed E-state index contributed by atoms with van der Waals surface area (Å²) in [5, 5.41) is 0. The van der Waals surface area contributed by atoms with Gasteiger partial charge in [0.2, 0.25) is 5.90 Å². The van der Waals surface area contributed by atoms with E-state index in [4.69, 9.17) is 4.74 Å². The standard InChI is InChI=1S/C14H13BrN2O2/c15-10-5-3-4-9(8-10)13-17-12(14(18)19-13)11-6-1-2-7-16-11/h3-5,8,12H,1-2,6-7H2/t12-/m0/s1. The molecule has 0 N–H and O–H groups in total. The van der Waals surface area contributed by atoms with Gasteiger partial charge in [-0.05, 0) is 37.5 Å². The number of aliphatic imine (C=N–C) groups is 2. The molecule has 1 aromatic rings. The first-order valence-corrected chi connectivity index (χ1v) is 7.12. The van der Waals surface area contributed by atoms with Crippen molar-refractivity contribution in [1.82, 2.24) is 0 Å². The number of rotatable bonds is 2. The molecule has 98 valence electrons. The molecular weight excluding hydrogens is 308 g/mol. The molecule has 0 unspecified atom stereocenters. The van der Waals surface area contributed by atoms with E-state index in [9.17, 15) is 4.79 Å². The number of ether oxygens (including phenoxy) is 1. The summed E-state index contributed by atoms with van der Waals surface area (Å²) in [6, 6.07) is 7.04. The molecule has 0 amide bonds. The molecule has 3 rings (SSSR count). The summed E-state index contributed by atoms with van der Waals surface area (Å²) < 4.78 is 6.21. The van der Waals surface area contributed by atoms with Crippen LogP contribution in [0.4, 0.5) is 0 Å². The van der Waals surface area contributed by atoms with Crippen molar-refractivity contribution in [3.05, 3.63) is 34.3 Å². The van der Waals surface area contributed by atoms with Crippen molar-refractivity contribution in [1.29, 1.82) is 0 Å². The summed E-state index contributed by atoms with van der Waals surface area (Å²) >= 11 is 3.40. The zero-order valence-corrected chi connectivity index (χ0v) is 11.9. The zero-order valence-electron chi connectivity index (χ0n) is 10.3. The van der Waals surface area contributed by atoms with Crippen LogP contribution >= 0.6 is 15.9 Å². The van der Waals surface area contributed by atoms with Gasteiger partial charge in [0.25, 0.3) is 0 Å². The average Bonchev–Trinajstić information content (AvgIpc) is 2.82. The lowest BCUT2D eigenvalue weighted by Crippen LogP contribution is -2.27. The summed E-state index contributed by atoms with van der Waals surface area (Å²) in [6.07, 6.45) is 3.01. The highest BCUT2D eigenvalue weighted by Crippen LogP contribution is 2.20. The number of carbonyl (C=O) groups excluding carboxylic acids is 1. The third-order valence-corrected chi connectivity index (χ3v) is 3.70.